The number of nitrogens with zero attached hydrogens (tertiary/aromatic N) is 2. The summed E-state index contributed by atoms with van der Waals surface area (Å²) in [5, 5.41) is 0. The lowest BCUT2D eigenvalue weighted by molar-refractivity contribution is -0.108. The van der Waals surface area contributed by atoms with Gasteiger partial charge in [-0.15, -0.1) is 0 Å². The van der Waals surface area contributed by atoms with E-state index in [2.05, 4.69) is 4.98 Å². The molecule has 5 nitrogen and oxygen atoms in total. The Labute approximate surface area is 104 Å². The van der Waals surface area contributed by atoms with Gasteiger partial charge < -0.3 is 10.5 Å². The van der Waals surface area contributed by atoms with Crippen LogP contribution in [0, 0.1) is 6.92 Å². The molecule has 1 aromatic heterocycles. The van der Waals surface area contributed by atoms with Gasteiger partial charge in [-0.2, -0.15) is 0 Å². The third-order valence-corrected chi connectivity index (χ3v) is 2.64. The van der Waals surface area contributed by atoms with E-state index in [1.165, 1.54) is 10.8 Å². The van der Waals surface area contributed by atoms with Gasteiger partial charge in [-0.1, -0.05) is 0 Å². The van der Waals surface area contributed by atoms with Gasteiger partial charge in [0, 0.05) is 23.0 Å². The van der Waals surface area contributed by atoms with E-state index in [1.807, 2.05) is 0 Å². The molecular weight excluding hydrogens is 230 g/mol. The largest absolute Gasteiger partial charge is 0.399 e. The molecule has 0 atom stereocenters. The van der Waals surface area contributed by atoms with E-state index in [9.17, 15) is 9.59 Å². The van der Waals surface area contributed by atoms with Crippen LogP contribution in [0.25, 0.3) is 11.4 Å². The number of anilines is 1. The predicted molar refractivity (Wildman–Crippen MR) is 69.1 cm³/mol. The zero-order valence-corrected chi connectivity index (χ0v) is 9.96. The Morgan fingerprint density at radius 1 is 1.33 bits per heavy atom. The van der Waals surface area contributed by atoms with Crippen molar-refractivity contribution in [1.82, 2.24) is 9.55 Å². The molecule has 0 aliphatic heterocycles. The van der Waals surface area contributed by atoms with Gasteiger partial charge >= 0.3 is 0 Å². The lowest BCUT2D eigenvalue weighted by atomic mass is 10.2. The lowest BCUT2D eigenvalue weighted by Crippen LogP contribution is -2.25. The fourth-order valence-corrected chi connectivity index (χ4v) is 1.70. The van der Waals surface area contributed by atoms with Gasteiger partial charge in [-0.3, -0.25) is 9.36 Å². The van der Waals surface area contributed by atoms with Crippen LogP contribution < -0.4 is 11.3 Å². The number of aromatic nitrogens is 2. The Kier molecular flexibility index (Phi) is 3.23. The molecule has 0 bridgehead atoms. The van der Waals surface area contributed by atoms with Crippen molar-refractivity contribution < 1.29 is 4.79 Å². The molecule has 0 aliphatic carbocycles. The van der Waals surface area contributed by atoms with Crippen LogP contribution in [0.2, 0.25) is 0 Å². The van der Waals surface area contributed by atoms with Crippen LogP contribution >= 0.6 is 0 Å². The first kappa shape index (κ1) is 12.0. The Hall–Kier alpha value is -2.43. The average molecular weight is 243 g/mol. The predicted octanol–water partition coefficient (Wildman–Crippen LogP) is 1.000. The second-order valence-corrected chi connectivity index (χ2v) is 3.97. The smallest absolute Gasteiger partial charge is 0.257 e. The van der Waals surface area contributed by atoms with Gasteiger partial charge in [-0.05, 0) is 31.2 Å². The summed E-state index contributed by atoms with van der Waals surface area (Å²) >= 11 is 0. The van der Waals surface area contributed by atoms with Gasteiger partial charge in [0.15, 0.2) is 0 Å². The molecule has 2 rings (SSSR count). The summed E-state index contributed by atoms with van der Waals surface area (Å²) < 4.78 is 1.36. The molecule has 2 N–H and O–H groups in total. The van der Waals surface area contributed by atoms with Crippen LogP contribution in [-0.2, 0) is 11.3 Å². The summed E-state index contributed by atoms with van der Waals surface area (Å²) in [6, 6.07) is 7.00. The topological polar surface area (TPSA) is 78.0 Å². The van der Waals surface area contributed by atoms with Gasteiger partial charge in [0.25, 0.3) is 5.56 Å². The minimum Gasteiger partial charge on any atom is -0.399 e. The van der Waals surface area contributed by atoms with Gasteiger partial charge in [0.05, 0.1) is 6.54 Å². The Bertz CT molecular complexity index is 630. The quantitative estimate of drug-likeness (QED) is 0.644. The Morgan fingerprint density at radius 2 is 2.00 bits per heavy atom. The van der Waals surface area contributed by atoms with Crippen molar-refractivity contribution in [2.45, 2.75) is 13.5 Å². The number of aldehydes is 1. The fourth-order valence-electron chi connectivity index (χ4n) is 1.70. The number of carbonyl (C=O) groups is 1. The zero-order valence-electron chi connectivity index (χ0n) is 9.96. The van der Waals surface area contributed by atoms with Gasteiger partial charge in [0.1, 0.15) is 12.1 Å². The van der Waals surface area contributed by atoms with E-state index in [-0.39, 0.29) is 12.1 Å². The number of nitrogen functional groups attached to an aromatic ring is 1. The number of benzene rings is 1. The van der Waals surface area contributed by atoms with Crippen LogP contribution in [0.5, 0.6) is 0 Å². The summed E-state index contributed by atoms with van der Waals surface area (Å²) in [7, 11) is 0. The molecule has 5 heteroatoms. The number of hydrogen-bond donors (Lipinski definition) is 1. The molecule has 0 fully saturated rings. The molecule has 0 radical (unpaired) electrons. The highest BCUT2D eigenvalue weighted by Gasteiger charge is 2.09. The van der Waals surface area contributed by atoms with Crippen LogP contribution in [-0.4, -0.2) is 15.8 Å². The molecule has 2 aromatic rings. The zero-order chi connectivity index (χ0) is 13.1. The first-order chi connectivity index (χ1) is 8.63. The van der Waals surface area contributed by atoms with Gasteiger partial charge in [0.2, 0.25) is 0 Å². The molecule has 18 heavy (non-hydrogen) atoms. The van der Waals surface area contributed by atoms with Crippen molar-refractivity contribution in [1.29, 1.82) is 0 Å². The molecule has 0 aliphatic rings. The van der Waals surface area contributed by atoms with Crippen molar-refractivity contribution >= 4 is 12.0 Å². The van der Waals surface area contributed by atoms with Crippen molar-refractivity contribution in [2.24, 2.45) is 0 Å². The van der Waals surface area contributed by atoms with Gasteiger partial charge in [-0.25, -0.2) is 4.98 Å². The van der Waals surface area contributed by atoms with Crippen molar-refractivity contribution in [2.75, 3.05) is 5.73 Å². The van der Waals surface area contributed by atoms with Crippen LogP contribution in [0.1, 0.15) is 5.56 Å². The molecule has 0 spiro atoms. The number of nitrogens with two attached hydrogens (primary N) is 1. The number of aryl methyl sites for hydroxylation is 1. The summed E-state index contributed by atoms with van der Waals surface area (Å²) in [4.78, 5) is 26.8. The second kappa shape index (κ2) is 4.83. The molecule has 0 saturated heterocycles. The maximum Gasteiger partial charge on any atom is 0.257 e. The monoisotopic (exact) mass is 243 g/mol. The molecule has 0 saturated carbocycles. The minimum absolute atomic E-state index is 0.00672. The molecule has 0 unspecified atom stereocenters. The van der Waals surface area contributed by atoms with E-state index in [0.717, 1.165) is 5.56 Å². The molecule has 0 amide bonds. The molecule has 1 heterocycles. The standard InChI is InChI=1S/C13H13N3O2/c1-9-8-15-12(16(6-7-17)13(9)18)10-2-4-11(14)5-3-10/h2-5,7-8H,6,14H2,1H3. The number of rotatable bonds is 3. The number of carbonyl (C=O) groups excluding carboxylic acids is 1. The normalized spacial score (nSPS) is 10.3. The highest BCUT2D eigenvalue weighted by molar-refractivity contribution is 5.60. The Balaban J connectivity index is 2.63. The van der Waals surface area contributed by atoms with E-state index in [1.54, 1.807) is 31.2 Å². The van der Waals surface area contributed by atoms with E-state index >= 15 is 0 Å². The van der Waals surface area contributed by atoms with E-state index in [4.69, 9.17) is 5.73 Å². The third-order valence-electron chi connectivity index (χ3n) is 2.64. The minimum atomic E-state index is -0.205. The molecule has 1 aromatic carbocycles. The highest BCUT2D eigenvalue weighted by Crippen LogP contribution is 2.17. The lowest BCUT2D eigenvalue weighted by Gasteiger charge is -2.10. The molecule has 92 valence electrons. The van der Waals surface area contributed by atoms with Crippen LogP contribution in [0.3, 0.4) is 0 Å². The van der Waals surface area contributed by atoms with E-state index < -0.39 is 0 Å². The summed E-state index contributed by atoms with van der Waals surface area (Å²) in [6.07, 6.45) is 2.19. The highest BCUT2D eigenvalue weighted by atomic mass is 16.1. The van der Waals surface area contributed by atoms with Crippen LogP contribution in [0.4, 0.5) is 5.69 Å². The first-order valence-electron chi connectivity index (χ1n) is 5.49. The maximum absolute atomic E-state index is 12.0. The second-order valence-electron chi connectivity index (χ2n) is 3.97. The van der Waals surface area contributed by atoms with Crippen molar-refractivity contribution in [3.63, 3.8) is 0 Å². The number of hydrogen-bond acceptors (Lipinski definition) is 4. The van der Waals surface area contributed by atoms with Crippen LogP contribution in [0.15, 0.2) is 35.3 Å². The summed E-state index contributed by atoms with van der Waals surface area (Å²) in [5.41, 5.74) is 7.30. The summed E-state index contributed by atoms with van der Waals surface area (Å²) in [5.74, 6) is 0.470. The summed E-state index contributed by atoms with van der Waals surface area (Å²) in [6.45, 7) is 1.66. The SMILES string of the molecule is Cc1cnc(-c2ccc(N)cc2)n(CC=O)c1=O. The average Bonchev–Trinajstić information content (AvgIpc) is 2.37. The molecular formula is C13H13N3O2. The maximum atomic E-state index is 12.0. The first-order valence-corrected chi connectivity index (χ1v) is 5.49. The van der Waals surface area contributed by atoms with Crippen molar-refractivity contribution in [3.05, 3.63) is 46.4 Å². The van der Waals surface area contributed by atoms with Crippen molar-refractivity contribution in [3.8, 4) is 11.4 Å². The third kappa shape index (κ3) is 2.15. The van der Waals surface area contributed by atoms with E-state index in [0.29, 0.717) is 23.4 Å². The fraction of sp³-hybridized carbons (Fsp3) is 0.154. The Morgan fingerprint density at radius 3 is 2.61 bits per heavy atom.